The number of aryl methyl sites for hydroxylation is 2. The zero-order chi connectivity index (χ0) is 30.8. The molecule has 0 atom stereocenters. The molecule has 3 N–H and O–H groups in total. The summed E-state index contributed by atoms with van der Waals surface area (Å²) in [6.07, 6.45) is 1.56. The number of anilines is 2. The van der Waals surface area contributed by atoms with Crippen molar-refractivity contribution in [3.63, 3.8) is 0 Å². The van der Waals surface area contributed by atoms with Crippen molar-refractivity contribution in [1.29, 1.82) is 0 Å². The molecule has 4 aromatic carbocycles. The van der Waals surface area contributed by atoms with E-state index in [1.165, 1.54) is 26.0 Å². The number of rotatable bonds is 11. The van der Waals surface area contributed by atoms with Gasteiger partial charge in [0.15, 0.2) is 11.5 Å². The maximum absolute atomic E-state index is 13.5. The van der Waals surface area contributed by atoms with Crippen molar-refractivity contribution < 1.29 is 23.9 Å². The summed E-state index contributed by atoms with van der Waals surface area (Å²) >= 11 is 1.35. The first-order valence-electron chi connectivity index (χ1n) is 13.5. The second-order valence-corrected chi connectivity index (χ2v) is 10.7. The highest BCUT2D eigenvalue weighted by atomic mass is 32.2. The molecule has 0 saturated heterocycles. The average molecular weight is 596 g/mol. The van der Waals surface area contributed by atoms with Crippen molar-refractivity contribution >= 4 is 46.9 Å². The van der Waals surface area contributed by atoms with Crippen molar-refractivity contribution in [3.05, 3.63) is 119 Å². The number of nitrogens with one attached hydrogen (secondary N) is 3. The number of ether oxygens (including phenoxy) is 2. The van der Waals surface area contributed by atoms with E-state index in [2.05, 4.69) is 16.0 Å². The van der Waals surface area contributed by atoms with Crippen LogP contribution in [0.15, 0.2) is 102 Å². The van der Waals surface area contributed by atoms with E-state index in [9.17, 15) is 14.4 Å². The molecule has 0 radical (unpaired) electrons. The van der Waals surface area contributed by atoms with Crippen LogP contribution >= 0.6 is 11.8 Å². The lowest BCUT2D eigenvalue weighted by Gasteiger charge is -2.13. The van der Waals surface area contributed by atoms with E-state index in [4.69, 9.17) is 9.47 Å². The van der Waals surface area contributed by atoms with E-state index in [1.807, 2.05) is 44.2 Å². The van der Waals surface area contributed by atoms with Gasteiger partial charge >= 0.3 is 0 Å². The first-order valence-corrected chi connectivity index (χ1v) is 14.5. The molecule has 4 aromatic rings. The van der Waals surface area contributed by atoms with Crippen LogP contribution in [0.25, 0.3) is 6.08 Å². The Bertz CT molecular complexity index is 1650. The quantitative estimate of drug-likeness (QED) is 0.136. The van der Waals surface area contributed by atoms with Crippen molar-refractivity contribution in [3.8, 4) is 11.5 Å². The highest BCUT2D eigenvalue weighted by Gasteiger charge is 2.16. The minimum Gasteiger partial charge on any atom is -0.493 e. The third-order valence-electron chi connectivity index (χ3n) is 6.37. The van der Waals surface area contributed by atoms with Crippen molar-refractivity contribution in [2.75, 3.05) is 30.6 Å². The fourth-order valence-corrected chi connectivity index (χ4v) is 4.96. The number of hydrogen-bond donors (Lipinski definition) is 3. The van der Waals surface area contributed by atoms with E-state index < -0.39 is 11.8 Å². The van der Waals surface area contributed by atoms with Gasteiger partial charge in [-0.25, -0.2) is 0 Å². The third kappa shape index (κ3) is 8.73. The van der Waals surface area contributed by atoms with Gasteiger partial charge in [0.2, 0.25) is 5.91 Å². The van der Waals surface area contributed by atoms with Crippen LogP contribution in [0.1, 0.15) is 27.0 Å². The SMILES string of the molecule is COc1ccc(/C=C(/NC(=O)c2ccccc2)C(=O)Nc2cccc(SCC(=O)Nc3ccc(C)cc3C)c2)cc1OC. The van der Waals surface area contributed by atoms with Crippen LogP contribution in [-0.2, 0) is 9.59 Å². The Morgan fingerprint density at radius 3 is 2.28 bits per heavy atom. The Morgan fingerprint density at radius 1 is 0.791 bits per heavy atom. The molecule has 4 rings (SSSR count). The number of hydrogen-bond acceptors (Lipinski definition) is 6. The van der Waals surface area contributed by atoms with Crippen LogP contribution in [0.4, 0.5) is 11.4 Å². The van der Waals surface area contributed by atoms with Crippen LogP contribution in [0, 0.1) is 13.8 Å². The Kier molecular flexibility index (Phi) is 10.6. The first kappa shape index (κ1) is 30.9. The molecule has 0 fully saturated rings. The molecular formula is C34H33N3O5S. The molecule has 9 heteroatoms. The normalized spacial score (nSPS) is 10.9. The number of amides is 3. The van der Waals surface area contributed by atoms with E-state index in [0.29, 0.717) is 28.3 Å². The summed E-state index contributed by atoms with van der Waals surface area (Å²) in [6.45, 7) is 3.96. The van der Waals surface area contributed by atoms with Gasteiger partial charge in [-0.1, -0.05) is 48.0 Å². The highest BCUT2D eigenvalue weighted by molar-refractivity contribution is 8.00. The minimum atomic E-state index is -0.520. The highest BCUT2D eigenvalue weighted by Crippen LogP contribution is 2.29. The molecule has 43 heavy (non-hydrogen) atoms. The maximum Gasteiger partial charge on any atom is 0.272 e. The van der Waals surface area contributed by atoms with Gasteiger partial charge < -0.3 is 25.4 Å². The number of carbonyl (C=O) groups excluding carboxylic acids is 3. The van der Waals surface area contributed by atoms with Crippen LogP contribution < -0.4 is 25.4 Å². The Labute approximate surface area is 255 Å². The lowest BCUT2D eigenvalue weighted by atomic mass is 10.1. The van der Waals surface area contributed by atoms with Gasteiger partial charge in [-0.15, -0.1) is 11.8 Å². The van der Waals surface area contributed by atoms with Gasteiger partial charge in [-0.05, 0) is 79.6 Å². The number of benzene rings is 4. The lowest BCUT2D eigenvalue weighted by molar-refractivity contribution is -0.114. The molecule has 0 spiro atoms. The molecule has 0 aromatic heterocycles. The third-order valence-corrected chi connectivity index (χ3v) is 7.36. The fraction of sp³-hybridized carbons (Fsp3) is 0.147. The molecule has 0 unspecified atom stereocenters. The fourth-order valence-electron chi connectivity index (χ4n) is 4.20. The van der Waals surface area contributed by atoms with E-state index in [-0.39, 0.29) is 17.4 Å². The predicted molar refractivity (Wildman–Crippen MR) is 172 cm³/mol. The molecule has 0 heterocycles. The van der Waals surface area contributed by atoms with Crippen LogP contribution in [0.5, 0.6) is 11.5 Å². The van der Waals surface area contributed by atoms with Crippen LogP contribution in [-0.4, -0.2) is 37.7 Å². The van der Waals surface area contributed by atoms with E-state index in [0.717, 1.165) is 21.7 Å². The summed E-state index contributed by atoms with van der Waals surface area (Å²) in [5.74, 6) is 0.140. The Balaban J connectivity index is 1.49. The number of carbonyl (C=O) groups is 3. The summed E-state index contributed by atoms with van der Waals surface area (Å²) in [7, 11) is 3.06. The number of thioether (sulfide) groups is 1. The van der Waals surface area contributed by atoms with Crippen LogP contribution in [0.3, 0.4) is 0 Å². The average Bonchev–Trinajstić information content (AvgIpc) is 3.01. The molecule has 0 aliphatic rings. The standard InChI is InChI=1S/C34H33N3O5S/c1-22-13-15-28(23(2)17-22)36-32(38)21-43-27-12-8-11-26(20-27)35-34(40)29(37-33(39)25-9-6-5-7-10-25)18-24-14-16-30(41-3)31(19-24)42-4/h5-20H,21H2,1-4H3,(H,35,40)(H,36,38)(H,37,39)/b29-18+. The Morgan fingerprint density at radius 2 is 1.56 bits per heavy atom. The van der Waals surface area contributed by atoms with Gasteiger partial charge in [-0.2, -0.15) is 0 Å². The topological polar surface area (TPSA) is 106 Å². The molecule has 0 bridgehead atoms. The summed E-state index contributed by atoms with van der Waals surface area (Å²) in [5, 5.41) is 8.54. The van der Waals surface area contributed by atoms with Gasteiger partial charge in [0.25, 0.3) is 11.8 Å². The molecule has 0 saturated carbocycles. The molecule has 3 amide bonds. The van der Waals surface area contributed by atoms with E-state index >= 15 is 0 Å². The molecular weight excluding hydrogens is 562 g/mol. The van der Waals surface area contributed by atoms with Gasteiger partial charge in [0, 0.05) is 21.8 Å². The van der Waals surface area contributed by atoms with Crippen molar-refractivity contribution in [2.24, 2.45) is 0 Å². The largest absolute Gasteiger partial charge is 0.493 e. The summed E-state index contributed by atoms with van der Waals surface area (Å²) < 4.78 is 10.7. The first-order chi connectivity index (χ1) is 20.7. The van der Waals surface area contributed by atoms with Crippen molar-refractivity contribution in [2.45, 2.75) is 18.7 Å². The second kappa shape index (κ2) is 14.7. The zero-order valence-electron chi connectivity index (χ0n) is 24.4. The summed E-state index contributed by atoms with van der Waals surface area (Å²) in [6, 6.07) is 26.9. The summed E-state index contributed by atoms with van der Waals surface area (Å²) in [4.78, 5) is 39.8. The summed E-state index contributed by atoms with van der Waals surface area (Å²) in [5.41, 5.74) is 4.48. The predicted octanol–water partition coefficient (Wildman–Crippen LogP) is 6.46. The monoisotopic (exact) mass is 595 g/mol. The van der Waals surface area contributed by atoms with Gasteiger partial charge in [0.1, 0.15) is 5.70 Å². The maximum atomic E-state index is 13.5. The molecule has 220 valence electrons. The number of methoxy groups -OCH3 is 2. The minimum absolute atomic E-state index is 0.0342. The van der Waals surface area contributed by atoms with E-state index in [1.54, 1.807) is 66.7 Å². The molecule has 8 nitrogen and oxygen atoms in total. The lowest BCUT2D eigenvalue weighted by Crippen LogP contribution is -2.30. The van der Waals surface area contributed by atoms with Gasteiger partial charge in [-0.3, -0.25) is 14.4 Å². The Hall–Kier alpha value is -5.02. The van der Waals surface area contributed by atoms with Gasteiger partial charge in [0.05, 0.1) is 20.0 Å². The van der Waals surface area contributed by atoms with Crippen molar-refractivity contribution in [1.82, 2.24) is 5.32 Å². The smallest absolute Gasteiger partial charge is 0.272 e. The molecule has 0 aliphatic heterocycles. The second-order valence-electron chi connectivity index (χ2n) is 9.63. The molecule has 0 aliphatic carbocycles. The van der Waals surface area contributed by atoms with Crippen LogP contribution in [0.2, 0.25) is 0 Å². The zero-order valence-corrected chi connectivity index (χ0v) is 25.2.